The third-order valence-electron chi connectivity index (χ3n) is 6.80. The van der Waals surface area contributed by atoms with Gasteiger partial charge in [-0.25, -0.2) is 8.42 Å². The highest BCUT2D eigenvalue weighted by molar-refractivity contribution is 7.92. The van der Waals surface area contributed by atoms with E-state index < -0.39 is 28.5 Å². The Labute approximate surface area is 248 Å². The molecule has 3 rings (SSSR count). The molecule has 0 bridgehead atoms. The van der Waals surface area contributed by atoms with Gasteiger partial charge in [-0.3, -0.25) is 13.9 Å². The van der Waals surface area contributed by atoms with Crippen molar-refractivity contribution in [3.8, 4) is 5.75 Å². The number of rotatable bonds is 13. The van der Waals surface area contributed by atoms with E-state index in [1.54, 1.807) is 12.1 Å². The highest BCUT2D eigenvalue weighted by Gasteiger charge is 2.34. The number of anilines is 1. The van der Waals surface area contributed by atoms with E-state index in [-0.39, 0.29) is 41.4 Å². The number of hydrogen-bond acceptors (Lipinski definition) is 5. The van der Waals surface area contributed by atoms with Gasteiger partial charge in [0, 0.05) is 24.0 Å². The molecule has 0 aromatic heterocycles. The molecule has 8 nitrogen and oxygen atoms in total. The van der Waals surface area contributed by atoms with Crippen LogP contribution in [0.1, 0.15) is 37.0 Å². The van der Waals surface area contributed by atoms with E-state index in [2.05, 4.69) is 5.32 Å². The van der Waals surface area contributed by atoms with Gasteiger partial charge < -0.3 is 15.0 Å². The van der Waals surface area contributed by atoms with E-state index in [1.807, 2.05) is 75.4 Å². The Kier molecular flexibility index (Phi) is 11.2. The maximum atomic E-state index is 14.2. The summed E-state index contributed by atoms with van der Waals surface area (Å²) >= 11 is 6.21. The number of ether oxygens (including phenoxy) is 1. The summed E-state index contributed by atoms with van der Waals surface area (Å²) in [7, 11) is -2.55. The SMILES string of the molecule is CC[C@H](C)NC(=O)[C@@H](Cc1ccccc1)N(Cc1cccc(C)c1)C(=O)CN(c1cc(Cl)ccc1OC)S(C)(=O)=O. The van der Waals surface area contributed by atoms with E-state index in [9.17, 15) is 18.0 Å². The average Bonchev–Trinajstić information content (AvgIpc) is 2.93. The largest absolute Gasteiger partial charge is 0.495 e. The van der Waals surface area contributed by atoms with Crippen LogP contribution in [-0.4, -0.2) is 57.1 Å². The second kappa shape index (κ2) is 14.4. The predicted molar refractivity (Wildman–Crippen MR) is 164 cm³/mol. The van der Waals surface area contributed by atoms with Crippen molar-refractivity contribution in [2.24, 2.45) is 0 Å². The fourth-order valence-corrected chi connectivity index (χ4v) is 5.47. The van der Waals surface area contributed by atoms with Crippen LogP contribution in [0.2, 0.25) is 5.02 Å². The summed E-state index contributed by atoms with van der Waals surface area (Å²) in [6.45, 7) is 5.37. The Bertz CT molecular complexity index is 1450. The number of sulfonamides is 1. The van der Waals surface area contributed by atoms with Crippen molar-refractivity contribution in [1.29, 1.82) is 0 Å². The Morgan fingerprint density at radius 3 is 2.29 bits per heavy atom. The van der Waals surface area contributed by atoms with Crippen molar-refractivity contribution in [1.82, 2.24) is 10.2 Å². The lowest BCUT2D eigenvalue weighted by molar-refractivity contribution is -0.140. The number of aryl methyl sites for hydroxylation is 1. The number of amides is 2. The fraction of sp³-hybridized carbons (Fsp3) is 0.355. The molecular formula is C31H38ClN3O5S. The standard InChI is InChI=1S/C31H38ClN3O5S/c1-6-23(3)33-31(37)28(18-24-12-8-7-9-13-24)34(20-25-14-10-11-22(2)17-25)30(36)21-35(41(5,38)39)27-19-26(32)15-16-29(27)40-4/h7-17,19,23,28H,6,18,20-21H2,1-5H3,(H,33,37)/t23-,28+/m0/s1. The second-order valence-corrected chi connectivity index (χ2v) is 12.5. The minimum Gasteiger partial charge on any atom is -0.495 e. The molecule has 0 heterocycles. The summed E-state index contributed by atoms with van der Waals surface area (Å²) in [4.78, 5) is 29.4. The third-order valence-corrected chi connectivity index (χ3v) is 8.16. The van der Waals surface area contributed by atoms with Crippen LogP contribution >= 0.6 is 11.6 Å². The molecule has 2 atom stereocenters. The molecule has 1 N–H and O–H groups in total. The average molecular weight is 600 g/mol. The number of methoxy groups -OCH3 is 1. The topological polar surface area (TPSA) is 96.0 Å². The summed E-state index contributed by atoms with van der Waals surface area (Å²) in [6.07, 6.45) is 1.98. The first-order valence-electron chi connectivity index (χ1n) is 13.4. The Balaban J connectivity index is 2.10. The summed E-state index contributed by atoms with van der Waals surface area (Å²) in [5.74, 6) is -0.608. The summed E-state index contributed by atoms with van der Waals surface area (Å²) in [5, 5.41) is 3.31. The highest BCUT2D eigenvalue weighted by Crippen LogP contribution is 2.33. The van der Waals surface area contributed by atoms with Crippen LogP contribution in [-0.2, 0) is 32.6 Å². The molecule has 0 radical (unpaired) electrons. The number of hydrogen-bond donors (Lipinski definition) is 1. The summed E-state index contributed by atoms with van der Waals surface area (Å²) < 4.78 is 32.4. The lowest BCUT2D eigenvalue weighted by Crippen LogP contribution is -2.54. The van der Waals surface area contributed by atoms with Gasteiger partial charge in [0.05, 0.1) is 19.1 Å². The second-order valence-electron chi connectivity index (χ2n) is 10.1. The van der Waals surface area contributed by atoms with Crippen molar-refractivity contribution in [2.45, 2.75) is 52.2 Å². The lowest BCUT2D eigenvalue weighted by atomic mass is 10.0. The number of nitrogens with zero attached hydrogens (tertiary/aromatic N) is 2. The molecule has 0 saturated heterocycles. The minimum absolute atomic E-state index is 0.107. The van der Waals surface area contributed by atoms with Crippen molar-refractivity contribution < 1.29 is 22.7 Å². The zero-order valence-electron chi connectivity index (χ0n) is 24.1. The Morgan fingerprint density at radius 1 is 1.00 bits per heavy atom. The Morgan fingerprint density at radius 2 is 1.68 bits per heavy atom. The molecule has 0 saturated carbocycles. The zero-order valence-corrected chi connectivity index (χ0v) is 25.7. The van der Waals surface area contributed by atoms with Gasteiger partial charge in [-0.05, 0) is 49.6 Å². The molecule has 0 aliphatic rings. The van der Waals surface area contributed by atoms with Crippen molar-refractivity contribution in [3.05, 3.63) is 94.5 Å². The number of halogens is 1. The molecule has 41 heavy (non-hydrogen) atoms. The summed E-state index contributed by atoms with van der Waals surface area (Å²) in [5.41, 5.74) is 2.82. The first-order chi connectivity index (χ1) is 19.4. The zero-order chi connectivity index (χ0) is 30.2. The van der Waals surface area contributed by atoms with E-state index >= 15 is 0 Å². The van der Waals surface area contributed by atoms with Crippen LogP contribution in [0.15, 0.2) is 72.8 Å². The van der Waals surface area contributed by atoms with Crippen LogP contribution in [0.4, 0.5) is 5.69 Å². The van der Waals surface area contributed by atoms with E-state index in [4.69, 9.17) is 16.3 Å². The predicted octanol–water partition coefficient (Wildman–Crippen LogP) is 4.98. The number of nitrogens with one attached hydrogen (secondary N) is 1. The molecule has 0 aliphatic carbocycles. The van der Waals surface area contributed by atoms with Gasteiger partial charge in [0.25, 0.3) is 0 Å². The molecular weight excluding hydrogens is 562 g/mol. The maximum absolute atomic E-state index is 14.2. The maximum Gasteiger partial charge on any atom is 0.244 e. The van der Waals surface area contributed by atoms with Crippen LogP contribution < -0.4 is 14.4 Å². The third kappa shape index (κ3) is 8.96. The van der Waals surface area contributed by atoms with Gasteiger partial charge in [-0.2, -0.15) is 0 Å². The van der Waals surface area contributed by atoms with E-state index in [1.165, 1.54) is 18.1 Å². The van der Waals surface area contributed by atoms with Crippen molar-refractivity contribution >= 4 is 39.1 Å². The quantitative estimate of drug-likeness (QED) is 0.299. The molecule has 220 valence electrons. The number of benzene rings is 3. The lowest BCUT2D eigenvalue weighted by Gasteiger charge is -2.34. The van der Waals surface area contributed by atoms with Gasteiger partial charge >= 0.3 is 0 Å². The smallest absolute Gasteiger partial charge is 0.244 e. The number of carbonyl (C=O) groups excluding carboxylic acids is 2. The monoisotopic (exact) mass is 599 g/mol. The molecule has 3 aromatic carbocycles. The van der Waals surface area contributed by atoms with Gasteiger partial charge in [0.15, 0.2) is 0 Å². The van der Waals surface area contributed by atoms with E-state index in [0.717, 1.165) is 27.3 Å². The van der Waals surface area contributed by atoms with Gasteiger partial charge in [0.1, 0.15) is 18.3 Å². The molecule has 3 aromatic rings. The molecule has 2 amide bonds. The molecule has 0 fully saturated rings. The van der Waals surface area contributed by atoms with Crippen LogP contribution in [0.25, 0.3) is 0 Å². The highest BCUT2D eigenvalue weighted by atomic mass is 35.5. The van der Waals surface area contributed by atoms with E-state index in [0.29, 0.717) is 6.42 Å². The summed E-state index contributed by atoms with van der Waals surface area (Å²) in [6, 6.07) is 20.7. The van der Waals surface area contributed by atoms with Crippen molar-refractivity contribution in [2.75, 3.05) is 24.2 Å². The molecule has 10 heteroatoms. The molecule has 0 spiro atoms. The normalized spacial score (nSPS) is 12.7. The van der Waals surface area contributed by atoms with Gasteiger partial charge in [-0.15, -0.1) is 0 Å². The fourth-order valence-electron chi connectivity index (χ4n) is 4.46. The molecule has 0 unspecified atom stereocenters. The van der Waals surface area contributed by atoms with Gasteiger partial charge in [-0.1, -0.05) is 78.7 Å². The molecule has 0 aliphatic heterocycles. The van der Waals surface area contributed by atoms with Gasteiger partial charge in [0.2, 0.25) is 21.8 Å². The van der Waals surface area contributed by atoms with Crippen LogP contribution in [0.3, 0.4) is 0 Å². The minimum atomic E-state index is -3.96. The van der Waals surface area contributed by atoms with Crippen molar-refractivity contribution in [3.63, 3.8) is 0 Å². The van der Waals surface area contributed by atoms with Crippen LogP contribution in [0.5, 0.6) is 5.75 Å². The first kappa shape index (κ1) is 32.0. The number of carbonyl (C=O) groups is 2. The van der Waals surface area contributed by atoms with Crippen LogP contribution in [0, 0.1) is 6.92 Å². The Hall–Kier alpha value is -3.56. The first-order valence-corrected chi connectivity index (χ1v) is 15.7.